The zero-order valence-corrected chi connectivity index (χ0v) is 33.1. The van der Waals surface area contributed by atoms with Gasteiger partial charge in [0.1, 0.15) is 11.5 Å². The van der Waals surface area contributed by atoms with E-state index >= 15 is 0 Å². The Kier molecular flexibility index (Phi) is 6.91. The standard InChI is InChI=1S/C47H45N5O.Pt/c1-45(2,3)31-14-16-34(17-15-31)50-30-51(42-13-11-10-12-41(42)50)35-24-33(47(7,8)9)25-37(27-35)53-36-18-19-38-39-29-48-22-21-40(39)52(43(38)28-36)44-26-32(20-23-49-44)46(4,5)6;/h10-26,29H,1-9H3;/q;+2/i1D3,2D3,3D3;. The summed E-state index contributed by atoms with van der Waals surface area (Å²) >= 11 is 0. The molecule has 7 heteroatoms. The number of fused-ring (bicyclic) bond motifs is 4. The van der Waals surface area contributed by atoms with Crippen LogP contribution in [0.1, 0.15) is 91.1 Å². The van der Waals surface area contributed by atoms with Gasteiger partial charge in [0.05, 0.1) is 0 Å². The minimum Gasteiger partial charge on any atom is -0.509 e. The summed E-state index contributed by atoms with van der Waals surface area (Å²) in [6.45, 7) is 2.72. The largest absolute Gasteiger partial charge is 2.00 e. The van der Waals surface area contributed by atoms with Gasteiger partial charge in [-0.1, -0.05) is 109 Å². The first kappa shape index (κ1) is 27.4. The molecule has 4 heterocycles. The van der Waals surface area contributed by atoms with Gasteiger partial charge in [0.15, 0.2) is 0 Å². The van der Waals surface area contributed by atoms with Crippen molar-refractivity contribution in [1.29, 1.82) is 0 Å². The Hall–Kier alpha value is -5.15. The third kappa shape index (κ3) is 6.86. The van der Waals surface area contributed by atoms with Gasteiger partial charge in [-0.2, -0.15) is 6.07 Å². The van der Waals surface area contributed by atoms with Crippen molar-refractivity contribution in [2.75, 3.05) is 0 Å². The number of pyridine rings is 2. The molecule has 8 rings (SSSR count). The van der Waals surface area contributed by atoms with Crippen molar-refractivity contribution >= 4 is 50.6 Å². The average Bonchev–Trinajstić information content (AvgIpc) is 3.72. The van der Waals surface area contributed by atoms with E-state index in [1.54, 1.807) is 10.8 Å². The number of ether oxygens (including phenoxy) is 1. The van der Waals surface area contributed by atoms with Gasteiger partial charge in [0.2, 0.25) is 5.69 Å². The van der Waals surface area contributed by atoms with Gasteiger partial charge in [-0.3, -0.25) is 4.98 Å². The van der Waals surface area contributed by atoms with Crippen LogP contribution in [0.2, 0.25) is 0 Å². The van der Waals surface area contributed by atoms with Crippen molar-refractivity contribution in [1.82, 2.24) is 23.7 Å². The molecule has 4 aromatic carbocycles. The molecule has 1 aliphatic heterocycles. The molecule has 0 radical (unpaired) electrons. The predicted molar refractivity (Wildman–Crippen MR) is 217 cm³/mol. The summed E-state index contributed by atoms with van der Waals surface area (Å²) in [6, 6.07) is 37.5. The fraction of sp³-hybridized carbons (Fsp3) is 0.255. The first-order valence-corrected chi connectivity index (χ1v) is 17.5. The summed E-state index contributed by atoms with van der Waals surface area (Å²) in [5.41, 5.74) is 2.56. The Morgan fingerprint density at radius 3 is 2.11 bits per heavy atom. The molecule has 0 bridgehead atoms. The molecule has 0 saturated carbocycles. The smallest absolute Gasteiger partial charge is 0.509 e. The molecule has 1 aliphatic rings. The second-order valence-electron chi connectivity index (χ2n) is 15.5. The van der Waals surface area contributed by atoms with Gasteiger partial charge in [0, 0.05) is 72.2 Å². The molecule has 3 aromatic heterocycles. The van der Waals surface area contributed by atoms with Crippen LogP contribution >= 0.6 is 0 Å². The van der Waals surface area contributed by atoms with E-state index in [1.807, 2.05) is 77.6 Å². The van der Waals surface area contributed by atoms with Gasteiger partial charge < -0.3 is 9.30 Å². The Morgan fingerprint density at radius 1 is 0.685 bits per heavy atom. The number of hydrogen-bond donors (Lipinski definition) is 0. The van der Waals surface area contributed by atoms with Crippen LogP contribution in [0.15, 0.2) is 110 Å². The molecular weight excluding hydrogens is 846 g/mol. The van der Waals surface area contributed by atoms with Crippen LogP contribution in [0, 0.1) is 12.1 Å². The molecule has 0 fully saturated rings. The number of aromatic nitrogens is 3. The van der Waals surface area contributed by atoms with E-state index in [0.717, 1.165) is 50.1 Å². The van der Waals surface area contributed by atoms with Gasteiger partial charge >= 0.3 is 27.1 Å². The Labute approximate surface area is 345 Å². The maximum absolute atomic E-state index is 8.17. The maximum Gasteiger partial charge on any atom is 2.00 e. The second kappa shape index (κ2) is 13.6. The third-order valence-electron chi connectivity index (χ3n) is 9.57. The minimum absolute atomic E-state index is 0. The molecule has 0 spiro atoms. The van der Waals surface area contributed by atoms with Gasteiger partial charge in [-0.05, 0) is 55.5 Å². The summed E-state index contributed by atoms with van der Waals surface area (Å²) in [7, 11) is 0. The van der Waals surface area contributed by atoms with Crippen molar-refractivity contribution in [2.24, 2.45) is 0 Å². The normalized spacial score (nSPS) is 16.2. The number of para-hydroxylation sites is 2. The summed E-state index contributed by atoms with van der Waals surface area (Å²) in [4.78, 5) is 9.20. The van der Waals surface area contributed by atoms with E-state index in [9.17, 15) is 0 Å². The zero-order valence-electron chi connectivity index (χ0n) is 39.9. The van der Waals surface area contributed by atoms with Crippen molar-refractivity contribution in [3.8, 4) is 17.3 Å². The van der Waals surface area contributed by atoms with E-state index in [1.165, 1.54) is 24.3 Å². The van der Waals surface area contributed by atoms with Crippen molar-refractivity contribution in [3.63, 3.8) is 0 Å². The SMILES string of the molecule is [2H]C([2H])([2H])C(c1ccc([N+]2=C=[N+](c3[c-]c(Oc4[c-]c5c(cc4)c4cnccc4n5-c4cc(C(C)(C)C)ccn4)cc(C(C)(C)C)c3)c3ccccc32)cc1)(C([2H])([2H])[2H])C([2H])([2H])[2H].[Pt+2]. The summed E-state index contributed by atoms with van der Waals surface area (Å²) < 4.78 is 85.8. The predicted octanol–water partition coefficient (Wildman–Crippen LogP) is 11.7. The van der Waals surface area contributed by atoms with Crippen molar-refractivity contribution in [2.45, 2.75) is 78.3 Å². The molecule has 0 atom stereocenters. The van der Waals surface area contributed by atoms with Crippen LogP contribution in [0.25, 0.3) is 27.6 Å². The molecule has 0 saturated heterocycles. The first-order chi connectivity index (χ1) is 28.9. The maximum atomic E-state index is 8.17. The van der Waals surface area contributed by atoms with Crippen LogP contribution < -0.4 is 13.9 Å². The molecule has 0 aliphatic carbocycles. The van der Waals surface area contributed by atoms with Crippen LogP contribution in [-0.2, 0) is 37.3 Å². The molecule has 0 N–H and O–H groups in total. The molecule has 6 nitrogen and oxygen atoms in total. The molecule has 0 unspecified atom stereocenters. The Balaban J connectivity index is 0.00000595. The fourth-order valence-corrected chi connectivity index (χ4v) is 6.62. The second-order valence-corrected chi connectivity index (χ2v) is 15.5. The number of benzene rings is 4. The topological polar surface area (TPSA) is 46.0 Å². The molecule has 0 amide bonds. The number of nitrogens with zero attached hydrogens (tertiary/aromatic N) is 5. The minimum atomic E-state index is -3.37. The van der Waals surface area contributed by atoms with Crippen molar-refractivity contribution < 1.29 is 38.1 Å². The van der Waals surface area contributed by atoms with Crippen LogP contribution in [0.3, 0.4) is 0 Å². The molecular formula is C47H45N5OPt+2. The van der Waals surface area contributed by atoms with Crippen LogP contribution in [-0.4, -0.2) is 20.5 Å². The molecule has 54 heavy (non-hydrogen) atoms. The summed E-state index contributed by atoms with van der Waals surface area (Å²) in [6.07, 6.45) is 5.44. The summed E-state index contributed by atoms with van der Waals surface area (Å²) in [5.74, 6) is 1.66. The van der Waals surface area contributed by atoms with E-state index in [-0.39, 0.29) is 37.5 Å². The van der Waals surface area contributed by atoms with E-state index in [0.29, 0.717) is 22.9 Å². The Morgan fingerprint density at radius 2 is 1.41 bits per heavy atom. The first-order valence-electron chi connectivity index (χ1n) is 22.0. The average molecular weight is 900 g/mol. The van der Waals surface area contributed by atoms with Crippen LogP contribution in [0.5, 0.6) is 11.5 Å². The number of hydrogen-bond acceptors (Lipinski definition) is 3. The van der Waals surface area contributed by atoms with E-state index < -0.39 is 26.0 Å². The van der Waals surface area contributed by atoms with E-state index in [4.69, 9.17) is 22.1 Å². The van der Waals surface area contributed by atoms with Gasteiger partial charge in [0.25, 0.3) is 11.4 Å². The van der Waals surface area contributed by atoms with Crippen LogP contribution in [0.4, 0.5) is 22.7 Å². The van der Waals surface area contributed by atoms with E-state index in [2.05, 4.69) is 75.3 Å². The summed E-state index contributed by atoms with van der Waals surface area (Å²) in [5, 5.41) is 1.91. The Bertz CT molecular complexity index is 2930. The van der Waals surface area contributed by atoms with Crippen molar-refractivity contribution in [3.05, 3.63) is 138 Å². The fourth-order valence-electron chi connectivity index (χ4n) is 6.62. The third-order valence-corrected chi connectivity index (χ3v) is 9.57. The zero-order chi connectivity index (χ0) is 44.8. The number of rotatable bonds is 5. The molecule has 272 valence electrons. The van der Waals surface area contributed by atoms with Gasteiger partial charge in [-0.25, -0.2) is 4.98 Å². The van der Waals surface area contributed by atoms with Gasteiger partial charge in [-0.15, -0.1) is 29.1 Å². The molecule has 7 aromatic rings. The monoisotopic (exact) mass is 899 g/mol. The quantitative estimate of drug-likeness (QED) is 0.128.